The van der Waals surface area contributed by atoms with E-state index in [1.54, 1.807) is 30.3 Å². The van der Waals surface area contributed by atoms with Crippen LogP contribution in [0.15, 0.2) is 59.8 Å². The Balaban J connectivity index is 1.29. The molecule has 2 amide bonds. The van der Waals surface area contributed by atoms with Crippen molar-refractivity contribution in [3.63, 3.8) is 0 Å². The monoisotopic (exact) mass is 599 g/mol. The van der Waals surface area contributed by atoms with E-state index in [9.17, 15) is 29.6 Å². The topological polar surface area (TPSA) is 194 Å². The highest BCUT2D eigenvalue weighted by Crippen LogP contribution is 2.48. The molecular formula is C25H25N7O7S2. The number of rotatable bonds is 10. The van der Waals surface area contributed by atoms with Gasteiger partial charge in [0.2, 0.25) is 11.1 Å². The van der Waals surface area contributed by atoms with E-state index in [1.165, 1.54) is 52.7 Å². The standard InChI is InChI=1S/C25H25N7O7S2/c1-14(41-24-27-29-30-28-24)25(23(36)39-11-15-7-9-17(10-8-15)32(37)38)12-31-21(35)18(22(31)40-13-25)26-20(34)19(33)16-5-3-2-4-6-16/h2-10,14,18-19,22,33H,11-13H2,1H3,(H,26,34)(H,27,28,29,30)/t14?,18?,19?,22-,25?/m1/s1. The first-order valence-electron chi connectivity index (χ1n) is 12.5. The summed E-state index contributed by atoms with van der Waals surface area (Å²) in [6, 6.07) is 13.2. The maximum absolute atomic E-state index is 13.7. The van der Waals surface area contributed by atoms with E-state index < -0.39 is 45.0 Å². The number of hydrogen-bond acceptors (Lipinski definition) is 12. The minimum atomic E-state index is -1.42. The largest absolute Gasteiger partial charge is 0.460 e. The highest BCUT2D eigenvalue weighted by molar-refractivity contribution is 8.01. The SMILES string of the molecule is CC(Sc1nnn[nH]1)C1(C(=O)OCc2ccc([N+](=O)[O-])cc2)CS[C@@H]2C(NC(=O)C(O)c3ccccc3)C(=O)N2C1. The van der Waals surface area contributed by atoms with Crippen molar-refractivity contribution < 1.29 is 29.2 Å². The number of non-ortho nitro benzene ring substituents is 1. The van der Waals surface area contributed by atoms with Crippen LogP contribution in [-0.2, 0) is 25.7 Å². The fourth-order valence-corrected chi connectivity index (χ4v) is 7.40. The number of hydrogen-bond donors (Lipinski definition) is 3. The van der Waals surface area contributed by atoms with Gasteiger partial charge in [0.25, 0.3) is 11.6 Å². The van der Waals surface area contributed by atoms with Gasteiger partial charge < -0.3 is 20.1 Å². The van der Waals surface area contributed by atoms with Crippen LogP contribution in [0.2, 0.25) is 0 Å². The molecule has 214 valence electrons. The van der Waals surface area contributed by atoms with Crippen molar-refractivity contribution in [1.82, 2.24) is 30.8 Å². The van der Waals surface area contributed by atoms with E-state index in [0.717, 1.165) is 0 Å². The molecule has 14 nitrogen and oxygen atoms in total. The first kappa shape index (κ1) is 28.5. The van der Waals surface area contributed by atoms with E-state index in [0.29, 0.717) is 16.3 Å². The van der Waals surface area contributed by atoms with Crippen molar-refractivity contribution in [2.45, 2.75) is 41.5 Å². The Morgan fingerprint density at radius 2 is 2.02 bits per heavy atom. The van der Waals surface area contributed by atoms with Crippen molar-refractivity contribution in [3.05, 3.63) is 75.8 Å². The number of β-lactam (4-membered cyclic amide) rings is 1. The predicted octanol–water partition coefficient (Wildman–Crippen LogP) is 1.45. The number of nitrogens with one attached hydrogen (secondary N) is 2. The molecule has 1 aromatic heterocycles. The van der Waals surface area contributed by atoms with Crippen LogP contribution in [0.1, 0.15) is 24.2 Å². The smallest absolute Gasteiger partial charge is 0.316 e. The Labute approximate surface area is 241 Å². The van der Waals surface area contributed by atoms with Crippen molar-refractivity contribution in [2.75, 3.05) is 12.3 Å². The highest BCUT2D eigenvalue weighted by atomic mass is 32.2. The third-order valence-electron chi connectivity index (χ3n) is 7.08. The molecule has 5 atom stereocenters. The molecular weight excluding hydrogens is 574 g/mol. The summed E-state index contributed by atoms with van der Waals surface area (Å²) in [5.41, 5.74) is -0.258. The van der Waals surface area contributed by atoms with Gasteiger partial charge in [-0.05, 0) is 33.7 Å². The van der Waals surface area contributed by atoms with Crippen LogP contribution in [0.3, 0.4) is 0 Å². The third kappa shape index (κ3) is 5.75. The summed E-state index contributed by atoms with van der Waals surface area (Å²) in [6.45, 7) is 1.74. The summed E-state index contributed by atoms with van der Waals surface area (Å²) >= 11 is 2.57. The number of nitrogens with zero attached hydrogens (tertiary/aromatic N) is 5. The molecule has 0 spiro atoms. The van der Waals surface area contributed by atoms with Gasteiger partial charge in [-0.2, -0.15) is 0 Å². The van der Waals surface area contributed by atoms with Gasteiger partial charge >= 0.3 is 5.97 Å². The summed E-state index contributed by atoms with van der Waals surface area (Å²) in [5.74, 6) is -1.34. The number of esters is 1. The number of H-pyrrole nitrogens is 1. The fourth-order valence-electron chi connectivity index (χ4n) is 4.64. The highest BCUT2D eigenvalue weighted by Gasteiger charge is 2.60. The van der Waals surface area contributed by atoms with Gasteiger partial charge in [0.05, 0.1) is 4.92 Å². The second-order valence-corrected chi connectivity index (χ2v) is 12.0. The van der Waals surface area contributed by atoms with Gasteiger partial charge in [-0.3, -0.25) is 24.5 Å². The molecule has 0 saturated carbocycles. The molecule has 41 heavy (non-hydrogen) atoms. The number of aliphatic hydroxyl groups excluding tert-OH is 1. The number of fused-ring (bicyclic) bond motifs is 1. The Morgan fingerprint density at radius 1 is 1.29 bits per heavy atom. The lowest BCUT2D eigenvalue weighted by atomic mass is 9.84. The lowest BCUT2D eigenvalue weighted by Gasteiger charge is -2.55. The van der Waals surface area contributed by atoms with Gasteiger partial charge in [-0.1, -0.05) is 49.0 Å². The van der Waals surface area contributed by atoms with Crippen LogP contribution in [0, 0.1) is 15.5 Å². The van der Waals surface area contributed by atoms with E-state index in [-0.39, 0.29) is 30.5 Å². The van der Waals surface area contributed by atoms with Crippen molar-refractivity contribution >= 4 is 47.0 Å². The van der Waals surface area contributed by atoms with E-state index in [4.69, 9.17) is 4.74 Å². The number of nitro groups is 1. The van der Waals surface area contributed by atoms with Gasteiger partial charge in [0.15, 0.2) is 6.10 Å². The number of ether oxygens (including phenoxy) is 1. The summed E-state index contributed by atoms with van der Waals surface area (Å²) in [5, 5.41) is 37.2. The maximum atomic E-state index is 13.7. The number of amides is 2. The van der Waals surface area contributed by atoms with Crippen LogP contribution in [0.4, 0.5) is 5.69 Å². The zero-order valence-electron chi connectivity index (χ0n) is 21.6. The number of carbonyl (C=O) groups is 3. The molecule has 2 aliphatic heterocycles. The van der Waals surface area contributed by atoms with Crippen molar-refractivity contribution in [1.29, 1.82) is 0 Å². The van der Waals surface area contributed by atoms with Crippen LogP contribution in [0.5, 0.6) is 0 Å². The molecule has 5 rings (SSSR count). The zero-order valence-corrected chi connectivity index (χ0v) is 23.2. The normalized spacial score (nSPS) is 23.1. The summed E-state index contributed by atoms with van der Waals surface area (Å²) in [7, 11) is 0. The molecule has 0 radical (unpaired) electrons. The molecule has 2 saturated heterocycles. The average molecular weight is 600 g/mol. The Hall–Kier alpha value is -4.02. The zero-order chi connectivity index (χ0) is 29.1. The lowest BCUT2D eigenvalue weighted by Crippen LogP contribution is -2.74. The molecule has 4 unspecified atom stereocenters. The van der Waals surface area contributed by atoms with E-state index in [1.807, 2.05) is 6.92 Å². The summed E-state index contributed by atoms with van der Waals surface area (Å²) in [6.07, 6.45) is -1.42. The number of carbonyl (C=O) groups excluding carboxylic acids is 3. The summed E-state index contributed by atoms with van der Waals surface area (Å²) in [4.78, 5) is 51.5. The second-order valence-electron chi connectivity index (χ2n) is 9.59. The number of thioether (sulfide) groups is 2. The number of benzene rings is 2. The number of aromatic amines is 1. The molecule has 3 heterocycles. The van der Waals surface area contributed by atoms with Crippen molar-refractivity contribution in [2.24, 2.45) is 5.41 Å². The molecule has 0 bridgehead atoms. The van der Waals surface area contributed by atoms with Crippen LogP contribution in [0.25, 0.3) is 0 Å². The molecule has 16 heteroatoms. The van der Waals surface area contributed by atoms with Crippen LogP contribution < -0.4 is 5.32 Å². The van der Waals surface area contributed by atoms with Crippen molar-refractivity contribution in [3.8, 4) is 0 Å². The number of nitro benzene ring substituents is 1. The molecule has 0 aliphatic carbocycles. The van der Waals surface area contributed by atoms with Gasteiger partial charge in [-0.25, -0.2) is 5.10 Å². The quantitative estimate of drug-likeness (QED) is 0.1000. The molecule has 3 aromatic rings. The second kappa shape index (κ2) is 11.8. The van der Waals surface area contributed by atoms with Crippen LogP contribution in [-0.4, -0.2) is 82.3 Å². The molecule has 2 aliphatic rings. The van der Waals surface area contributed by atoms with E-state index >= 15 is 0 Å². The fraction of sp³-hybridized carbons (Fsp3) is 0.360. The first-order chi connectivity index (χ1) is 19.7. The van der Waals surface area contributed by atoms with Gasteiger partial charge in [-0.15, -0.1) is 16.9 Å². The van der Waals surface area contributed by atoms with E-state index in [2.05, 4.69) is 25.9 Å². The Morgan fingerprint density at radius 3 is 2.68 bits per heavy atom. The third-order valence-corrected chi connectivity index (χ3v) is 9.83. The number of aromatic nitrogens is 4. The molecule has 2 fully saturated rings. The molecule has 3 N–H and O–H groups in total. The number of aliphatic hydroxyl groups is 1. The summed E-state index contributed by atoms with van der Waals surface area (Å²) < 4.78 is 5.69. The number of tetrazole rings is 1. The van der Waals surface area contributed by atoms with Gasteiger partial charge in [0, 0.05) is 29.7 Å². The Kier molecular flexibility index (Phi) is 8.23. The first-order valence-corrected chi connectivity index (χ1v) is 14.4. The van der Waals surface area contributed by atoms with Crippen LogP contribution >= 0.6 is 23.5 Å². The average Bonchev–Trinajstić information content (AvgIpc) is 3.51. The molecule has 2 aromatic carbocycles. The maximum Gasteiger partial charge on any atom is 0.316 e. The van der Waals surface area contributed by atoms with Gasteiger partial charge in [0.1, 0.15) is 23.4 Å². The Bertz CT molecular complexity index is 1430. The minimum absolute atomic E-state index is 0.0337. The predicted molar refractivity (Wildman–Crippen MR) is 146 cm³/mol. The minimum Gasteiger partial charge on any atom is -0.460 e. The lowest BCUT2D eigenvalue weighted by molar-refractivity contribution is -0.384.